The standard InChI is InChI=1S/C23H28N6O3/c1-2-8-28-18(12-17-21(28)25-19-5-3-4-9-29(19)22(17)31)23(32)27-13-16(14-27)26-10-6-15(7-11-26)20(24)30/h3-5,9,12,15-16H,2,6-8,10-11,13-14H2,1H3,(H2,24,30). The van der Waals surface area contributed by atoms with Crippen molar-refractivity contribution in [3.63, 3.8) is 0 Å². The van der Waals surface area contributed by atoms with Gasteiger partial charge in [-0.3, -0.25) is 23.7 Å². The highest BCUT2D eigenvalue weighted by atomic mass is 16.2. The van der Waals surface area contributed by atoms with E-state index in [0.717, 1.165) is 32.4 Å². The van der Waals surface area contributed by atoms with Crippen LogP contribution in [0.15, 0.2) is 35.3 Å². The Balaban J connectivity index is 1.38. The number of hydrogen-bond donors (Lipinski definition) is 1. The van der Waals surface area contributed by atoms with Gasteiger partial charge in [-0.05, 0) is 50.6 Å². The van der Waals surface area contributed by atoms with Gasteiger partial charge in [0.15, 0.2) is 0 Å². The number of rotatable bonds is 5. The van der Waals surface area contributed by atoms with Crippen LogP contribution in [0.3, 0.4) is 0 Å². The summed E-state index contributed by atoms with van der Waals surface area (Å²) in [6.07, 6.45) is 4.10. The van der Waals surface area contributed by atoms with Crippen LogP contribution < -0.4 is 11.3 Å². The van der Waals surface area contributed by atoms with Crippen molar-refractivity contribution in [1.29, 1.82) is 0 Å². The van der Waals surface area contributed by atoms with Gasteiger partial charge in [-0.25, -0.2) is 4.98 Å². The molecule has 2 aliphatic heterocycles. The van der Waals surface area contributed by atoms with Gasteiger partial charge in [0.25, 0.3) is 11.5 Å². The van der Waals surface area contributed by atoms with E-state index in [4.69, 9.17) is 5.73 Å². The first-order chi connectivity index (χ1) is 15.5. The Kier molecular flexibility index (Phi) is 5.21. The number of amides is 2. The van der Waals surface area contributed by atoms with E-state index in [0.29, 0.717) is 48.1 Å². The Labute approximate surface area is 185 Å². The number of pyridine rings is 1. The minimum atomic E-state index is -0.212. The van der Waals surface area contributed by atoms with Crippen molar-refractivity contribution in [2.24, 2.45) is 11.7 Å². The van der Waals surface area contributed by atoms with Gasteiger partial charge in [-0.1, -0.05) is 13.0 Å². The zero-order valence-electron chi connectivity index (χ0n) is 18.2. The SMILES string of the molecule is CCCn1c(C(=O)N2CC(N3CCC(C(N)=O)CC3)C2)cc2c(=O)n3ccccc3nc21. The van der Waals surface area contributed by atoms with E-state index in [1.807, 2.05) is 22.5 Å². The fraction of sp³-hybridized carbons (Fsp3) is 0.478. The fourth-order valence-electron chi connectivity index (χ4n) is 4.94. The van der Waals surface area contributed by atoms with Gasteiger partial charge in [0.05, 0.1) is 5.39 Å². The number of aryl methyl sites for hydroxylation is 1. The maximum atomic E-state index is 13.4. The molecular formula is C23H28N6O3. The second-order valence-electron chi connectivity index (χ2n) is 8.84. The Morgan fingerprint density at radius 2 is 1.94 bits per heavy atom. The Hall–Kier alpha value is -3.20. The highest BCUT2D eigenvalue weighted by molar-refractivity contribution is 5.98. The van der Waals surface area contributed by atoms with Crippen LogP contribution in [0.25, 0.3) is 16.7 Å². The minimum Gasteiger partial charge on any atom is -0.369 e. The number of piperidine rings is 1. The highest BCUT2D eigenvalue weighted by Crippen LogP contribution is 2.26. The smallest absolute Gasteiger partial charge is 0.270 e. The zero-order valence-corrected chi connectivity index (χ0v) is 18.2. The molecule has 0 unspecified atom stereocenters. The molecule has 3 aromatic rings. The molecule has 5 heterocycles. The lowest BCUT2D eigenvalue weighted by Crippen LogP contribution is -2.62. The lowest BCUT2D eigenvalue weighted by Gasteiger charge is -2.47. The zero-order chi connectivity index (χ0) is 22.4. The summed E-state index contributed by atoms with van der Waals surface area (Å²) in [5.74, 6) is -0.305. The molecule has 2 amide bonds. The second kappa shape index (κ2) is 8.05. The average molecular weight is 437 g/mol. The molecule has 0 atom stereocenters. The number of likely N-dealkylation sites (tertiary alicyclic amines) is 2. The molecule has 0 bridgehead atoms. The first-order valence-electron chi connectivity index (χ1n) is 11.3. The molecule has 0 aliphatic carbocycles. The van der Waals surface area contributed by atoms with Gasteiger partial charge in [-0.15, -0.1) is 0 Å². The van der Waals surface area contributed by atoms with Crippen molar-refractivity contribution in [2.75, 3.05) is 26.2 Å². The van der Waals surface area contributed by atoms with E-state index in [1.165, 1.54) is 4.40 Å². The van der Waals surface area contributed by atoms with Gasteiger partial charge < -0.3 is 15.2 Å². The van der Waals surface area contributed by atoms with E-state index < -0.39 is 0 Å². The molecule has 2 saturated heterocycles. The van der Waals surface area contributed by atoms with Gasteiger partial charge >= 0.3 is 0 Å². The highest BCUT2D eigenvalue weighted by Gasteiger charge is 2.38. The molecule has 2 fully saturated rings. The molecule has 2 N–H and O–H groups in total. The van der Waals surface area contributed by atoms with Crippen LogP contribution in [0.5, 0.6) is 0 Å². The third-order valence-electron chi connectivity index (χ3n) is 6.84. The predicted octanol–water partition coefficient (Wildman–Crippen LogP) is 1.08. The Morgan fingerprint density at radius 3 is 2.62 bits per heavy atom. The lowest BCUT2D eigenvalue weighted by atomic mass is 9.93. The minimum absolute atomic E-state index is 0.0315. The van der Waals surface area contributed by atoms with Crippen molar-refractivity contribution in [3.05, 3.63) is 46.5 Å². The number of carbonyl (C=O) groups is 2. The molecule has 0 aromatic carbocycles. The van der Waals surface area contributed by atoms with E-state index in [1.54, 1.807) is 24.4 Å². The fourth-order valence-corrected chi connectivity index (χ4v) is 4.94. The topological polar surface area (TPSA) is 106 Å². The van der Waals surface area contributed by atoms with E-state index in [9.17, 15) is 14.4 Å². The summed E-state index contributed by atoms with van der Waals surface area (Å²) in [5.41, 5.74) is 6.93. The number of aromatic nitrogens is 3. The summed E-state index contributed by atoms with van der Waals surface area (Å²) in [4.78, 5) is 46.6. The quantitative estimate of drug-likeness (QED) is 0.644. The molecule has 0 radical (unpaired) electrons. The summed E-state index contributed by atoms with van der Waals surface area (Å²) in [6, 6.07) is 7.45. The summed E-state index contributed by atoms with van der Waals surface area (Å²) in [6.45, 7) is 5.65. The Bertz CT molecular complexity index is 1250. The summed E-state index contributed by atoms with van der Waals surface area (Å²) >= 11 is 0. The summed E-state index contributed by atoms with van der Waals surface area (Å²) in [5, 5.41) is 0.469. The maximum Gasteiger partial charge on any atom is 0.270 e. The average Bonchev–Trinajstić information content (AvgIpc) is 3.12. The normalized spacial score (nSPS) is 18.3. The molecule has 9 heteroatoms. The van der Waals surface area contributed by atoms with Crippen molar-refractivity contribution in [1.82, 2.24) is 23.8 Å². The molecule has 0 spiro atoms. The van der Waals surface area contributed by atoms with Crippen LogP contribution in [0.2, 0.25) is 0 Å². The summed E-state index contributed by atoms with van der Waals surface area (Å²) < 4.78 is 3.40. The third kappa shape index (κ3) is 3.37. The summed E-state index contributed by atoms with van der Waals surface area (Å²) in [7, 11) is 0. The van der Waals surface area contributed by atoms with Gasteiger partial charge in [0.1, 0.15) is 17.0 Å². The molecule has 2 aliphatic rings. The van der Waals surface area contributed by atoms with Crippen LogP contribution in [-0.2, 0) is 11.3 Å². The molecule has 5 rings (SSSR count). The van der Waals surface area contributed by atoms with Crippen LogP contribution in [0.4, 0.5) is 0 Å². The monoisotopic (exact) mass is 436 g/mol. The maximum absolute atomic E-state index is 13.4. The Morgan fingerprint density at radius 1 is 1.19 bits per heavy atom. The predicted molar refractivity (Wildman–Crippen MR) is 120 cm³/mol. The number of nitrogens with zero attached hydrogens (tertiary/aromatic N) is 5. The number of carbonyl (C=O) groups excluding carboxylic acids is 2. The molecule has 9 nitrogen and oxygen atoms in total. The van der Waals surface area contributed by atoms with Crippen LogP contribution in [0, 0.1) is 5.92 Å². The number of nitrogens with two attached hydrogens (primary N) is 1. The van der Waals surface area contributed by atoms with Crippen molar-refractivity contribution in [2.45, 2.75) is 38.8 Å². The molecular weight excluding hydrogens is 408 g/mol. The van der Waals surface area contributed by atoms with Crippen LogP contribution in [-0.4, -0.2) is 67.8 Å². The van der Waals surface area contributed by atoms with Crippen molar-refractivity contribution >= 4 is 28.5 Å². The van der Waals surface area contributed by atoms with Crippen LogP contribution >= 0.6 is 0 Å². The van der Waals surface area contributed by atoms with E-state index in [-0.39, 0.29) is 23.3 Å². The molecule has 3 aromatic heterocycles. The first kappa shape index (κ1) is 20.7. The van der Waals surface area contributed by atoms with Gasteiger partial charge in [0.2, 0.25) is 5.91 Å². The lowest BCUT2D eigenvalue weighted by molar-refractivity contribution is -0.123. The van der Waals surface area contributed by atoms with Gasteiger partial charge in [0, 0.05) is 37.8 Å². The van der Waals surface area contributed by atoms with Crippen LogP contribution in [0.1, 0.15) is 36.7 Å². The first-order valence-corrected chi connectivity index (χ1v) is 11.3. The molecule has 32 heavy (non-hydrogen) atoms. The number of fused-ring (bicyclic) bond motifs is 2. The molecule has 0 saturated carbocycles. The van der Waals surface area contributed by atoms with Crippen molar-refractivity contribution in [3.8, 4) is 0 Å². The number of primary amides is 1. The largest absolute Gasteiger partial charge is 0.369 e. The van der Waals surface area contributed by atoms with E-state index >= 15 is 0 Å². The van der Waals surface area contributed by atoms with Crippen molar-refractivity contribution < 1.29 is 9.59 Å². The second-order valence-corrected chi connectivity index (χ2v) is 8.84. The molecule has 168 valence electrons. The third-order valence-corrected chi connectivity index (χ3v) is 6.84. The number of hydrogen-bond acceptors (Lipinski definition) is 5. The van der Waals surface area contributed by atoms with Gasteiger partial charge in [-0.2, -0.15) is 0 Å². The van der Waals surface area contributed by atoms with E-state index in [2.05, 4.69) is 9.88 Å².